The minimum absolute atomic E-state index is 0.316. The molecule has 0 amide bonds. The minimum atomic E-state index is -0.390. The first-order valence-electron chi connectivity index (χ1n) is 11.7. The Balaban J connectivity index is -0.000000569. The lowest BCUT2D eigenvalue weighted by Crippen LogP contribution is -2.09. The molecule has 0 aromatic carbocycles. The molecule has 36 heavy (non-hydrogen) atoms. The van der Waals surface area contributed by atoms with Crippen LogP contribution < -0.4 is 0 Å². The molecule has 0 radical (unpaired) electrons. The Bertz CT molecular complexity index is 687. The zero-order valence-corrected chi connectivity index (χ0v) is 22.6. The van der Waals surface area contributed by atoms with Gasteiger partial charge in [-0.25, -0.2) is 19.2 Å². The maximum absolute atomic E-state index is 11.0. The van der Waals surface area contributed by atoms with Gasteiger partial charge in [-0.05, 0) is 66.2 Å². The van der Waals surface area contributed by atoms with Crippen molar-refractivity contribution >= 4 is 23.9 Å². The van der Waals surface area contributed by atoms with Crippen LogP contribution in [0, 0.1) is 0 Å². The van der Waals surface area contributed by atoms with Gasteiger partial charge in [-0.1, -0.05) is 26.3 Å². The molecule has 0 aliphatic heterocycles. The molecular weight excluding hydrogens is 464 g/mol. The quantitative estimate of drug-likeness (QED) is 0.0873. The Morgan fingerprint density at radius 1 is 0.417 bits per heavy atom. The van der Waals surface area contributed by atoms with Crippen molar-refractivity contribution in [3.8, 4) is 0 Å². The second-order valence-electron chi connectivity index (χ2n) is 7.79. The molecule has 0 N–H and O–H groups in total. The van der Waals surface area contributed by atoms with Gasteiger partial charge >= 0.3 is 23.9 Å². The molecule has 8 heteroatoms. The summed E-state index contributed by atoms with van der Waals surface area (Å²) in [5.74, 6) is -1.46. The van der Waals surface area contributed by atoms with E-state index in [0.717, 1.165) is 25.7 Å². The van der Waals surface area contributed by atoms with E-state index in [1.165, 1.54) is 0 Å². The van der Waals surface area contributed by atoms with Gasteiger partial charge in [0.15, 0.2) is 0 Å². The average Bonchev–Trinajstić information content (AvgIpc) is 2.83. The zero-order valence-electron chi connectivity index (χ0n) is 22.6. The van der Waals surface area contributed by atoms with E-state index in [4.69, 9.17) is 18.9 Å². The van der Waals surface area contributed by atoms with Gasteiger partial charge in [0.05, 0.1) is 26.4 Å². The maximum Gasteiger partial charge on any atom is 0.333 e. The van der Waals surface area contributed by atoms with Crippen LogP contribution >= 0.6 is 0 Å². The van der Waals surface area contributed by atoms with Gasteiger partial charge in [-0.3, -0.25) is 0 Å². The molecule has 0 fully saturated rings. The molecule has 0 bridgehead atoms. The summed E-state index contributed by atoms with van der Waals surface area (Å²) in [4.78, 5) is 44.0. The molecule has 0 saturated heterocycles. The highest BCUT2D eigenvalue weighted by atomic mass is 16.5. The zero-order chi connectivity index (χ0) is 28.5. The van der Waals surface area contributed by atoms with Crippen molar-refractivity contribution in [2.24, 2.45) is 0 Å². The molecule has 0 aliphatic rings. The van der Waals surface area contributed by atoms with Crippen LogP contribution in [0.5, 0.6) is 0 Å². The minimum Gasteiger partial charge on any atom is -0.462 e. The van der Waals surface area contributed by atoms with Gasteiger partial charge in [0, 0.05) is 22.3 Å². The van der Waals surface area contributed by atoms with Gasteiger partial charge in [0.1, 0.15) is 0 Å². The standard InChI is InChI=1S/C14H22O4.C12H18O4.C2H4/c1-11(2)13(15)17-9-7-5-6-8-10-18-14(16)12(3)4;1-9(2)11(13)15-7-5-6-8-16-12(14)10(3)4;1-2/h1,3,5-10H2,2,4H3;1,3,5-8H2,2,4H3;1-2H2. The van der Waals surface area contributed by atoms with Crippen molar-refractivity contribution in [1.29, 1.82) is 0 Å². The van der Waals surface area contributed by atoms with E-state index in [9.17, 15) is 19.2 Å². The average molecular weight is 509 g/mol. The van der Waals surface area contributed by atoms with Crippen LogP contribution in [0.2, 0.25) is 0 Å². The molecule has 8 nitrogen and oxygen atoms in total. The fraction of sp³-hybridized carbons (Fsp3) is 0.500. The highest BCUT2D eigenvalue weighted by Crippen LogP contribution is 2.03. The van der Waals surface area contributed by atoms with Crippen molar-refractivity contribution in [3.05, 3.63) is 61.8 Å². The van der Waals surface area contributed by atoms with Gasteiger partial charge in [-0.2, -0.15) is 0 Å². The van der Waals surface area contributed by atoms with Crippen LogP contribution in [-0.4, -0.2) is 50.3 Å². The summed E-state index contributed by atoms with van der Waals surface area (Å²) >= 11 is 0. The molecular formula is C28H44O8. The van der Waals surface area contributed by atoms with Crippen LogP contribution in [-0.2, 0) is 38.1 Å². The third-order valence-electron chi connectivity index (χ3n) is 3.90. The number of unbranched alkanes of at least 4 members (excludes halogenated alkanes) is 4. The Morgan fingerprint density at radius 2 is 0.583 bits per heavy atom. The fourth-order valence-electron chi connectivity index (χ4n) is 1.91. The Morgan fingerprint density at radius 3 is 0.750 bits per heavy atom. The van der Waals surface area contributed by atoms with E-state index in [-0.39, 0.29) is 23.9 Å². The molecule has 0 unspecified atom stereocenters. The number of carbonyl (C=O) groups is 4. The Kier molecular flexibility index (Phi) is 25.5. The molecule has 0 aromatic rings. The summed E-state index contributed by atoms with van der Waals surface area (Å²) in [6.07, 6.45) is 4.81. The van der Waals surface area contributed by atoms with Crippen molar-refractivity contribution in [3.63, 3.8) is 0 Å². The van der Waals surface area contributed by atoms with Crippen molar-refractivity contribution in [1.82, 2.24) is 0 Å². The van der Waals surface area contributed by atoms with Crippen molar-refractivity contribution < 1.29 is 38.1 Å². The monoisotopic (exact) mass is 508 g/mol. The predicted molar refractivity (Wildman–Crippen MR) is 142 cm³/mol. The summed E-state index contributed by atoms with van der Waals surface area (Å²) in [6.45, 7) is 27.8. The molecule has 0 heterocycles. The number of hydrogen-bond donors (Lipinski definition) is 0. The first-order chi connectivity index (χ1) is 16.9. The third-order valence-corrected chi connectivity index (χ3v) is 3.90. The summed E-state index contributed by atoms with van der Waals surface area (Å²) < 4.78 is 19.6. The van der Waals surface area contributed by atoms with Crippen molar-refractivity contribution in [2.75, 3.05) is 26.4 Å². The van der Waals surface area contributed by atoms with Crippen LogP contribution in [0.3, 0.4) is 0 Å². The summed E-state index contributed by atoms with van der Waals surface area (Å²) in [5.41, 5.74) is 1.60. The Labute approximate surface area is 216 Å². The molecule has 0 rings (SSSR count). The maximum atomic E-state index is 11.0. The van der Waals surface area contributed by atoms with E-state index in [1.807, 2.05) is 0 Å². The highest BCUT2D eigenvalue weighted by molar-refractivity contribution is 5.88. The first kappa shape index (κ1) is 37.1. The van der Waals surface area contributed by atoms with E-state index < -0.39 is 0 Å². The lowest BCUT2D eigenvalue weighted by atomic mass is 10.2. The van der Waals surface area contributed by atoms with E-state index in [0.29, 0.717) is 61.6 Å². The van der Waals surface area contributed by atoms with Crippen molar-refractivity contribution in [2.45, 2.75) is 66.2 Å². The van der Waals surface area contributed by atoms with E-state index >= 15 is 0 Å². The Hall–Kier alpha value is -3.42. The second-order valence-corrected chi connectivity index (χ2v) is 7.79. The lowest BCUT2D eigenvalue weighted by Gasteiger charge is -2.05. The lowest BCUT2D eigenvalue weighted by molar-refractivity contribution is -0.141. The summed E-state index contributed by atoms with van der Waals surface area (Å²) in [7, 11) is 0. The van der Waals surface area contributed by atoms with Gasteiger partial charge in [-0.15, -0.1) is 13.2 Å². The topological polar surface area (TPSA) is 105 Å². The summed E-state index contributed by atoms with van der Waals surface area (Å²) in [5, 5.41) is 0. The number of hydrogen-bond acceptors (Lipinski definition) is 8. The normalized spacial score (nSPS) is 9.11. The number of ether oxygens (including phenoxy) is 4. The predicted octanol–water partition coefficient (Wildman–Crippen LogP) is 5.59. The number of rotatable bonds is 16. The molecule has 0 spiro atoms. The van der Waals surface area contributed by atoms with Gasteiger partial charge < -0.3 is 18.9 Å². The van der Waals surface area contributed by atoms with Crippen LogP contribution in [0.4, 0.5) is 0 Å². The molecule has 204 valence electrons. The van der Waals surface area contributed by atoms with E-state index in [1.54, 1.807) is 27.7 Å². The highest BCUT2D eigenvalue weighted by Gasteiger charge is 2.05. The van der Waals surface area contributed by atoms with Crippen LogP contribution in [0.1, 0.15) is 66.2 Å². The smallest absolute Gasteiger partial charge is 0.333 e. The number of carbonyl (C=O) groups excluding carboxylic acids is 4. The summed E-state index contributed by atoms with van der Waals surface area (Å²) in [6, 6.07) is 0. The third kappa shape index (κ3) is 25.2. The van der Waals surface area contributed by atoms with Crippen LogP contribution in [0.15, 0.2) is 61.8 Å². The molecule has 0 atom stereocenters. The molecule has 0 saturated carbocycles. The van der Waals surface area contributed by atoms with Gasteiger partial charge in [0.2, 0.25) is 0 Å². The van der Waals surface area contributed by atoms with Gasteiger partial charge in [0.25, 0.3) is 0 Å². The fourth-order valence-corrected chi connectivity index (χ4v) is 1.91. The number of esters is 4. The molecule has 0 aliphatic carbocycles. The first-order valence-corrected chi connectivity index (χ1v) is 11.7. The molecule has 0 aromatic heterocycles. The van der Waals surface area contributed by atoms with Crippen LogP contribution in [0.25, 0.3) is 0 Å². The SMILES string of the molecule is C=C.C=C(C)C(=O)OCCCCCCOC(=O)C(=C)C.C=C(C)C(=O)OCCCCOC(=O)C(=C)C. The largest absolute Gasteiger partial charge is 0.462 e. The van der Waals surface area contributed by atoms with E-state index in [2.05, 4.69) is 39.5 Å². The second kappa shape index (κ2) is 24.7.